The summed E-state index contributed by atoms with van der Waals surface area (Å²) in [6.07, 6.45) is 5.27. The molecule has 1 unspecified atom stereocenters. The molecular formula is C12H21NO3. The van der Waals surface area contributed by atoms with Gasteiger partial charge in [0.1, 0.15) is 5.92 Å². The van der Waals surface area contributed by atoms with Crippen molar-refractivity contribution in [1.29, 1.82) is 0 Å². The van der Waals surface area contributed by atoms with Crippen molar-refractivity contribution < 1.29 is 14.3 Å². The zero-order valence-corrected chi connectivity index (χ0v) is 9.91. The van der Waals surface area contributed by atoms with E-state index < -0.39 is 5.92 Å². The van der Waals surface area contributed by atoms with Crippen LogP contribution in [-0.2, 0) is 14.3 Å². The second-order valence-corrected chi connectivity index (χ2v) is 4.30. The van der Waals surface area contributed by atoms with Gasteiger partial charge >= 0.3 is 5.97 Å². The molecule has 0 aliphatic heterocycles. The normalized spacial score (nSPS) is 19.1. The van der Waals surface area contributed by atoms with Crippen molar-refractivity contribution >= 4 is 11.8 Å². The van der Waals surface area contributed by atoms with Gasteiger partial charge in [0.25, 0.3) is 0 Å². The Hall–Kier alpha value is -0.900. The molecule has 1 atom stereocenters. The lowest BCUT2D eigenvalue weighted by Crippen LogP contribution is -2.37. The largest absolute Gasteiger partial charge is 0.465 e. The summed E-state index contributed by atoms with van der Waals surface area (Å²) in [6, 6.07) is 0. The first-order valence-electron chi connectivity index (χ1n) is 6.10. The van der Waals surface area contributed by atoms with Gasteiger partial charge in [-0.15, -0.1) is 0 Å². The lowest BCUT2D eigenvalue weighted by molar-refractivity contribution is -0.154. The molecular weight excluding hydrogens is 206 g/mol. The number of esters is 1. The van der Waals surface area contributed by atoms with Crippen LogP contribution in [0.1, 0.15) is 39.0 Å². The molecule has 1 rings (SSSR count). The van der Waals surface area contributed by atoms with Crippen LogP contribution in [0.3, 0.4) is 0 Å². The fourth-order valence-corrected chi connectivity index (χ4v) is 2.41. The quantitative estimate of drug-likeness (QED) is 0.567. The van der Waals surface area contributed by atoms with Crippen molar-refractivity contribution in [3.63, 3.8) is 0 Å². The Morgan fingerprint density at radius 3 is 2.44 bits per heavy atom. The van der Waals surface area contributed by atoms with E-state index in [0.29, 0.717) is 6.61 Å². The SMILES string of the molecule is CCOC(=O)C(C(=O)CN)C1CCCCC1. The third-order valence-corrected chi connectivity index (χ3v) is 3.21. The minimum absolute atomic E-state index is 0.0695. The smallest absolute Gasteiger partial charge is 0.316 e. The molecule has 92 valence electrons. The molecule has 2 N–H and O–H groups in total. The van der Waals surface area contributed by atoms with E-state index in [9.17, 15) is 9.59 Å². The summed E-state index contributed by atoms with van der Waals surface area (Å²) in [5.74, 6) is -1.04. The first kappa shape index (κ1) is 13.2. The number of carbonyl (C=O) groups excluding carboxylic acids is 2. The standard InChI is InChI=1S/C12H21NO3/c1-2-16-12(15)11(10(14)8-13)9-6-4-3-5-7-9/h9,11H,2-8,13H2,1H3. The van der Waals surface area contributed by atoms with Gasteiger partial charge in [-0.05, 0) is 25.7 Å². The van der Waals surface area contributed by atoms with E-state index in [1.54, 1.807) is 6.92 Å². The van der Waals surface area contributed by atoms with Gasteiger partial charge in [0.2, 0.25) is 0 Å². The van der Waals surface area contributed by atoms with Crippen molar-refractivity contribution in [1.82, 2.24) is 0 Å². The summed E-state index contributed by atoms with van der Waals surface area (Å²) < 4.78 is 4.96. The average molecular weight is 227 g/mol. The predicted octanol–water partition coefficient (Wildman–Crippen LogP) is 1.27. The van der Waals surface area contributed by atoms with Gasteiger partial charge in [0.05, 0.1) is 13.2 Å². The van der Waals surface area contributed by atoms with E-state index in [1.165, 1.54) is 6.42 Å². The maximum absolute atomic E-state index is 11.7. The Morgan fingerprint density at radius 1 is 1.31 bits per heavy atom. The second-order valence-electron chi connectivity index (χ2n) is 4.30. The van der Waals surface area contributed by atoms with Gasteiger partial charge in [-0.2, -0.15) is 0 Å². The first-order valence-corrected chi connectivity index (χ1v) is 6.10. The van der Waals surface area contributed by atoms with E-state index in [-0.39, 0.29) is 24.2 Å². The highest BCUT2D eigenvalue weighted by Crippen LogP contribution is 2.31. The summed E-state index contributed by atoms with van der Waals surface area (Å²) in [5, 5.41) is 0. The Balaban J connectivity index is 2.68. The van der Waals surface area contributed by atoms with E-state index in [2.05, 4.69) is 0 Å². The zero-order valence-electron chi connectivity index (χ0n) is 9.91. The van der Waals surface area contributed by atoms with Gasteiger partial charge < -0.3 is 10.5 Å². The van der Waals surface area contributed by atoms with Crippen molar-refractivity contribution in [2.24, 2.45) is 17.6 Å². The lowest BCUT2D eigenvalue weighted by atomic mass is 9.78. The van der Waals surface area contributed by atoms with Gasteiger partial charge in [-0.3, -0.25) is 9.59 Å². The lowest BCUT2D eigenvalue weighted by Gasteiger charge is -2.27. The van der Waals surface area contributed by atoms with Crippen LogP contribution in [0.5, 0.6) is 0 Å². The Kier molecular flexibility index (Phi) is 5.46. The Morgan fingerprint density at radius 2 is 1.94 bits per heavy atom. The Bertz CT molecular complexity index is 247. The fraction of sp³-hybridized carbons (Fsp3) is 0.833. The zero-order chi connectivity index (χ0) is 12.0. The van der Waals surface area contributed by atoms with E-state index >= 15 is 0 Å². The first-order chi connectivity index (χ1) is 7.70. The summed E-state index contributed by atoms with van der Waals surface area (Å²) in [6.45, 7) is 2.00. The van der Waals surface area contributed by atoms with Crippen LogP contribution >= 0.6 is 0 Å². The van der Waals surface area contributed by atoms with Crippen LogP contribution in [0.15, 0.2) is 0 Å². The molecule has 0 aromatic carbocycles. The third-order valence-electron chi connectivity index (χ3n) is 3.21. The molecule has 0 spiro atoms. The molecule has 1 aliphatic carbocycles. The maximum atomic E-state index is 11.7. The molecule has 16 heavy (non-hydrogen) atoms. The number of ketones is 1. The van der Waals surface area contributed by atoms with Crippen LogP contribution in [0.25, 0.3) is 0 Å². The molecule has 4 heteroatoms. The van der Waals surface area contributed by atoms with Crippen molar-refractivity contribution in [2.45, 2.75) is 39.0 Å². The number of nitrogens with two attached hydrogens (primary N) is 1. The molecule has 0 saturated heterocycles. The molecule has 1 aliphatic rings. The molecule has 0 amide bonds. The number of carbonyl (C=O) groups is 2. The highest BCUT2D eigenvalue weighted by Gasteiger charge is 2.35. The monoisotopic (exact) mass is 227 g/mol. The number of hydrogen-bond donors (Lipinski definition) is 1. The van der Waals surface area contributed by atoms with Crippen molar-refractivity contribution in [3.8, 4) is 0 Å². The molecule has 0 heterocycles. The van der Waals surface area contributed by atoms with Gasteiger partial charge in [-0.1, -0.05) is 19.3 Å². The Labute approximate surface area is 96.5 Å². The molecule has 0 radical (unpaired) electrons. The topological polar surface area (TPSA) is 69.4 Å². The van der Waals surface area contributed by atoms with Crippen LogP contribution in [-0.4, -0.2) is 24.9 Å². The van der Waals surface area contributed by atoms with Crippen LogP contribution in [0.2, 0.25) is 0 Å². The highest BCUT2D eigenvalue weighted by molar-refractivity contribution is 6.00. The maximum Gasteiger partial charge on any atom is 0.316 e. The number of hydrogen-bond acceptors (Lipinski definition) is 4. The summed E-state index contributed by atoms with van der Waals surface area (Å²) >= 11 is 0. The predicted molar refractivity (Wildman–Crippen MR) is 60.8 cm³/mol. The van der Waals surface area contributed by atoms with Gasteiger partial charge in [0, 0.05) is 0 Å². The summed E-state index contributed by atoms with van der Waals surface area (Å²) in [7, 11) is 0. The van der Waals surface area contributed by atoms with E-state index in [1.807, 2.05) is 0 Å². The minimum Gasteiger partial charge on any atom is -0.465 e. The molecule has 1 fully saturated rings. The summed E-state index contributed by atoms with van der Waals surface area (Å²) in [4.78, 5) is 23.4. The fourth-order valence-electron chi connectivity index (χ4n) is 2.41. The number of rotatable bonds is 5. The molecule has 1 saturated carbocycles. The van der Waals surface area contributed by atoms with Gasteiger partial charge in [0.15, 0.2) is 5.78 Å². The number of Topliss-reactive ketones (excluding diaryl/α,β-unsaturated/α-hetero) is 1. The third kappa shape index (κ3) is 3.30. The van der Waals surface area contributed by atoms with E-state index in [0.717, 1.165) is 25.7 Å². The van der Waals surface area contributed by atoms with Gasteiger partial charge in [-0.25, -0.2) is 0 Å². The van der Waals surface area contributed by atoms with E-state index in [4.69, 9.17) is 10.5 Å². The molecule has 0 bridgehead atoms. The van der Waals surface area contributed by atoms with Crippen molar-refractivity contribution in [2.75, 3.05) is 13.2 Å². The number of ether oxygens (including phenoxy) is 1. The average Bonchev–Trinajstić information content (AvgIpc) is 2.31. The molecule has 0 aromatic rings. The van der Waals surface area contributed by atoms with Crippen molar-refractivity contribution in [3.05, 3.63) is 0 Å². The molecule has 4 nitrogen and oxygen atoms in total. The van der Waals surface area contributed by atoms with Crippen LogP contribution < -0.4 is 5.73 Å². The van der Waals surface area contributed by atoms with Crippen LogP contribution in [0, 0.1) is 11.8 Å². The second kappa shape index (κ2) is 6.63. The summed E-state index contributed by atoms with van der Waals surface area (Å²) in [5.41, 5.74) is 5.36. The molecule has 0 aromatic heterocycles. The minimum atomic E-state index is -0.620. The van der Waals surface area contributed by atoms with Crippen LogP contribution in [0.4, 0.5) is 0 Å². The highest BCUT2D eigenvalue weighted by atomic mass is 16.5.